The third kappa shape index (κ3) is 1.96. The Kier molecular flexibility index (Phi) is 2.72. The summed E-state index contributed by atoms with van der Waals surface area (Å²) in [7, 11) is 0. The highest BCUT2D eigenvalue weighted by molar-refractivity contribution is 6.35. The van der Waals surface area contributed by atoms with Crippen LogP contribution >= 0.6 is 11.6 Å². The van der Waals surface area contributed by atoms with Crippen molar-refractivity contribution in [3.05, 3.63) is 63.7 Å². The molecular formula is C14H9ClN2O2. The number of hydrogen-bond acceptors (Lipinski definition) is 2. The number of aromatic nitrogens is 1. The number of benzene rings is 2. The average Bonchev–Trinajstić information content (AvgIpc) is 2.85. The van der Waals surface area contributed by atoms with Gasteiger partial charge in [0.05, 0.1) is 20.8 Å². The lowest BCUT2D eigenvalue weighted by Gasteiger charge is -1.96. The number of halogens is 1. The summed E-state index contributed by atoms with van der Waals surface area (Å²) in [5.41, 5.74) is 2.42. The normalized spacial score (nSPS) is 10.8. The van der Waals surface area contributed by atoms with E-state index in [9.17, 15) is 10.1 Å². The first-order chi connectivity index (χ1) is 9.16. The zero-order valence-electron chi connectivity index (χ0n) is 9.76. The van der Waals surface area contributed by atoms with E-state index < -0.39 is 4.92 Å². The van der Waals surface area contributed by atoms with Crippen LogP contribution in [0.1, 0.15) is 0 Å². The molecule has 0 aliphatic rings. The Labute approximate surface area is 113 Å². The van der Waals surface area contributed by atoms with Crippen LogP contribution in [0.3, 0.4) is 0 Å². The number of fused-ring (bicyclic) bond motifs is 1. The number of nitro groups is 1. The molecule has 5 heteroatoms. The molecule has 3 aromatic rings. The molecule has 0 bridgehead atoms. The van der Waals surface area contributed by atoms with Crippen molar-refractivity contribution < 1.29 is 4.92 Å². The van der Waals surface area contributed by atoms with Crippen LogP contribution in [0.4, 0.5) is 5.69 Å². The summed E-state index contributed by atoms with van der Waals surface area (Å²) in [5.74, 6) is 0. The summed E-state index contributed by atoms with van der Waals surface area (Å²) in [6.45, 7) is 0. The molecule has 0 spiro atoms. The lowest BCUT2D eigenvalue weighted by molar-refractivity contribution is -0.383. The highest BCUT2D eigenvalue weighted by Crippen LogP contribution is 2.34. The molecule has 0 aliphatic carbocycles. The van der Waals surface area contributed by atoms with Gasteiger partial charge < -0.3 is 4.98 Å². The number of rotatable bonds is 2. The van der Waals surface area contributed by atoms with Crippen molar-refractivity contribution in [2.75, 3.05) is 0 Å². The second-order valence-electron chi connectivity index (χ2n) is 4.16. The Bertz CT molecular complexity index is 766. The van der Waals surface area contributed by atoms with Gasteiger partial charge in [0.15, 0.2) is 0 Å². The zero-order valence-corrected chi connectivity index (χ0v) is 10.5. The van der Waals surface area contributed by atoms with Gasteiger partial charge in [0.25, 0.3) is 5.69 Å². The Balaban J connectivity index is 2.29. The molecule has 0 fully saturated rings. The van der Waals surface area contributed by atoms with Gasteiger partial charge in [-0.1, -0.05) is 41.9 Å². The Morgan fingerprint density at radius 3 is 2.53 bits per heavy atom. The lowest BCUT2D eigenvalue weighted by Crippen LogP contribution is -1.88. The molecule has 0 atom stereocenters. The topological polar surface area (TPSA) is 58.9 Å². The molecule has 0 amide bonds. The van der Waals surface area contributed by atoms with Gasteiger partial charge in [-0.3, -0.25) is 10.1 Å². The molecule has 1 N–H and O–H groups in total. The maximum atomic E-state index is 11.0. The first-order valence-corrected chi connectivity index (χ1v) is 6.05. The van der Waals surface area contributed by atoms with E-state index in [0.717, 1.165) is 11.3 Å². The highest BCUT2D eigenvalue weighted by Gasteiger charge is 2.16. The van der Waals surface area contributed by atoms with Crippen LogP contribution in [-0.2, 0) is 0 Å². The molecule has 4 nitrogen and oxygen atoms in total. The van der Waals surface area contributed by atoms with Gasteiger partial charge >= 0.3 is 0 Å². The summed E-state index contributed by atoms with van der Waals surface area (Å²) in [6, 6.07) is 14.3. The summed E-state index contributed by atoms with van der Waals surface area (Å²) in [4.78, 5) is 13.8. The minimum atomic E-state index is -0.402. The van der Waals surface area contributed by atoms with Crippen molar-refractivity contribution in [2.24, 2.45) is 0 Å². The highest BCUT2D eigenvalue weighted by atomic mass is 35.5. The fourth-order valence-corrected chi connectivity index (χ4v) is 2.31. The average molecular weight is 273 g/mol. The van der Waals surface area contributed by atoms with E-state index in [1.807, 2.05) is 30.3 Å². The quantitative estimate of drug-likeness (QED) is 0.555. The van der Waals surface area contributed by atoms with E-state index in [4.69, 9.17) is 11.6 Å². The van der Waals surface area contributed by atoms with Crippen LogP contribution in [-0.4, -0.2) is 9.91 Å². The molecule has 19 heavy (non-hydrogen) atoms. The van der Waals surface area contributed by atoms with E-state index in [2.05, 4.69) is 4.98 Å². The maximum absolute atomic E-state index is 11.0. The first kappa shape index (κ1) is 11.7. The minimum Gasteiger partial charge on any atom is -0.353 e. The van der Waals surface area contributed by atoms with Crippen LogP contribution in [0.15, 0.2) is 48.5 Å². The molecule has 2 aromatic carbocycles. The fourth-order valence-electron chi connectivity index (χ4n) is 2.10. The van der Waals surface area contributed by atoms with Crippen LogP contribution in [0.25, 0.3) is 22.2 Å². The first-order valence-electron chi connectivity index (χ1n) is 5.68. The van der Waals surface area contributed by atoms with Gasteiger partial charge in [0.2, 0.25) is 0 Å². The van der Waals surface area contributed by atoms with Crippen molar-refractivity contribution >= 4 is 28.2 Å². The molecule has 1 heterocycles. The lowest BCUT2D eigenvalue weighted by atomic mass is 10.1. The number of nitro benzene ring substituents is 1. The third-order valence-corrected chi connectivity index (χ3v) is 3.32. The molecule has 0 saturated carbocycles. The summed E-state index contributed by atoms with van der Waals surface area (Å²) < 4.78 is 0. The second-order valence-corrected chi connectivity index (χ2v) is 4.57. The summed E-state index contributed by atoms with van der Waals surface area (Å²) in [5, 5.41) is 12.0. The van der Waals surface area contributed by atoms with E-state index in [1.54, 1.807) is 6.07 Å². The Morgan fingerprint density at radius 2 is 1.84 bits per heavy atom. The van der Waals surface area contributed by atoms with Crippen LogP contribution < -0.4 is 0 Å². The largest absolute Gasteiger partial charge is 0.353 e. The number of hydrogen-bond donors (Lipinski definition) is 1. The van der Waals surface area contributed by atoms with Crippen LogP contribution in [0, 0.1) is 10.1 Å². The third-order valence-electron chi connectivity index (χ3n) is 3.00. The SMILES string of the molecule is O=[N+]([O-])c1ccc(Cl)c2[nH]c(-c3ccccc3)cc12. The molecule has 0 radical (unpaired) electrons. The summed E-state index contributed by atoms with van der Waals surface area (Å²) >= 11 is 6.08. The monoisotopic (exact) mass is 272 g/mol. The molecule has 0 aliphatic heterocycles. The summed E-state index contributed by atoms with van der Waals surface area (Å²) in [6.07, 6.45) is 0. The number of nitrogens with zero attached hydrogens (tertiary/aromatic N) is 1. The number of H-pyrrole nitrogens is 1. The van der Waals surface area contributed by atoms with Crippen molar-refractivity contribution in [3.8, 4) is 11.3 Å². The molecule has 1 aromatic heterocycles. The predicted molar refractivity (Wildman–Crippen MR) is 75.4 cm³/mol. The van der Waals surface area contributed by atoms with Gasteiger partial charge in [-0.25, -0.2) is 0 Å². The van der Waals surface area contributed by atoms with E-state index >= 15 is 0 Å². The molecular weight excluding hydrogens is 264 g/mol. The smallest absolute Gasteiger partial charge is 0.278 e. The Hall–Kier alpha value is -2.33. The molecule has 3 rings (SSSR count). The van der Waals surface area contributed by atoms with Crippen molar-refractivity contribution in [1.29, 1.82) is 0 Å². The van der Waals surface area contributed by atoms with Gasteiger partial charge in [-0.2, -0.15) is 0 Å². The van der Waals surface area contributed by atoms with Crippen LogP contribution in [0.5, 0.6) is 0 Å². The number of nitrogens with one attached hydrogen (secondary N) is 1. The number of aromatic amines is 1. The van der Waals surface area contributed by atoms with Gasteiger partial charge in [-0.15, -0.1) is 0 Å². The molecule has 0 saturated heterocycles. The molecule has 94 valence electrons. The fraction of sp³-hybridized carbons (Fsp3) is 0. The van der Waals surface area contributed by atoms with Gasteiger partial charge in [-0.05, 0) is 17.7 Å². The van der Waals surface area contributed by atoms with Crippen molar-refractivity contribution in [1.82, 2.24) is 4.98 Å². The van der Waals surface area contributed by atoms with E-state index in [0.29, 0.717) is 15.9 Å². The van der Waals surface area contributed by atoms with Gasteiger partial charge in [0.1, 0.15) is 0 Å². The Morgan fingerprint density at radius 1 is 1.11 bits per heavy atom. The van der Waals surface area contributed by atoms with Crippen molar-refractivity contribution in [3.63, 3.8) is 0 Å². The van der Waals surface area contributed by atoms with Crippen LogP contribution in [0.2, 0.25) is 5.02 Å². The minimum absolute atomic E-state index is 0.0535. The number of non-ortho nitro benzene ring substituents is 1. The van der Waals surface area contributed by atoms with Gasteiger partial charge in [0, 0.05) is 11.8 Å². The maximum Gasteiger partial charge on any atom is 0.278 e. The standard InChI is InChI=1S/C14H9ClN2O2/c15-11-6-7-13(17(18)19)10-8-12(16-14(10)11)9-4-2-1-3-5-9/h1-8,16H. The van der Waals surface area contributed by atoms with E-state index in [1.165, 1.54) is 12.1 Å². The van der Waals surface area contributed by atoms with Crippen molar-refractivity contribution in [2.45, 2.75) is 0 Å². The van der Waals surface area contributed by atoms with E-state index in [-0.39, 0.29) is 5.69 Å². The predicted octanol–water partition coefficient (Wildman–Crippen LogP) is 4.40. The second kappa shape index (κ2) is 4.40. The zero-order chi connectivity index (χ0) is 13.4. The molecule has 0 unspecified atom stereocenters.